The Labute approximate surface area is 173 Å². The highest BCUT2D eigenvalue weighted by atomic mass is 127. The summed E-state index contributed by atoms with van der Waals surface area (Å²) in [6, 6.07) is 14.2. The molecule has 23 heavy (non-hydrogen) atoms. The number of ether oxygens (including phenoxy) is 1. The molecule has 0 aliphatic carbocycles. The van der Waals surface area contributed by atoms with Gasteiger partial charge in [-0.15, -0.1) is 0 Å². The van der Waals surface area contributed by atoms with Crippen molar-refractivity contribution >= 4 is 84.5 Å². The predicted octanol–water partition coefficient (Wildman–Crippen LogP) is 5.58. The summed E-state index contributed by atoms with van der Waals surface area (Å²) in [6.07, 6.45) is 0. The van der Waals surface area contributed by atoms with Crippen molar-refractivity contribution in [2.24, 2.45) is 0 Å². The van der Waals surface area contributed by atoms with Crippen LogP contribution in [0.25, 0.3) is 10.8 Å². The summed E-state index contributed by atoms with van der Waals surface area (Å²) in [5.74, 6) is 0.398. The zero-order valence-electron chi connectivity index (χ0n) is 11.5. The van der Waals surface area contributed by atoms with Crippen LogP contribution in [-0.2, 0) is 0 Å². The molecule has 0 radical (unpaired) electrons. The van der Waals surface area contributed by atoms with Gasteiger partial charge >= 0.3 is 5.97 Å². The van der Waals surface area contributed by atoms with Crippen LogP contribution in [0.2, 0.25) is 0 Å². The van der Waals surface area contributed by atoms with E-state index in [0.29, 0.717) is 11.3 Å². The highest BCUT2D eigenvalue weighted by Crippen LogP contribution is 2.30. The number of carbonyl (C=O) groups excluding carboxylic acids is 1. The van der Waals surface area contributed by atoms with Gasteiger partial charge in [-0.05, 0) is 115 Å². The second kappa shape index (κ2) is 7.09. The van der Waals surface area contributed by atoms with Crippen molar-refractivity contribution in [3.8, 4) is 11.5 Å². The fourth-order valence-corrected chi connectivity index (χ4v) is 5.94. The van der Waals surface area contributed by atoms with Crippen LogP contribution in [0, 0.1) is 10.7 Å². The molecule has 116 valence electrons. The molecule has 0 aromatic heterocycles. The van der Waals surface area contributed by atoms with Crippen LogP contribution >= 0.6 is 67.8 Å². The number of benzene rings is 3. The molecule has 3 rings (SSSR count). The molecule has 3 aromatic rings. The molecule has 3 nitrogen and oxygen atoms in total. The third-order valence-corrected chi connectivity index (χ3v) is 5.44. The Kier molecular flexibility index (Phi) is 5.31. The first-order chi connectivity index (χ1) is 10.9. The number of carbonyl (C=O) groups is 1. The topological polar surface area (TPSA) is 46.5 Å². The smallest absolute Gasteiger partial charge is 0.343 e. The van der Waals surface area contributed by atoms with E-state index in [1.165, 1.54) is 0 Å². The zero-order chi connectivity index (χ0) is 16.6. The molecule has 0 saturated carbocycles. The van der Waals surface area contributed by atoms with Crippen molar-refractivity contribution in [1.29, 1.82) is 0 Å². The van der Waals surface area contributed by atoms with E-state index in [9.17, 15) is 9.90 Å². The Morgan fingerprint density at radius 3 is 2.17 bits per heavy atom. The maximum absolute atomic E-state index is 12.4. The van der Waals surface area contributed by atoms with Gasteiger partial charge in [0.05, 0.1) is 12.7 Å². The number of esters is 1. The summed E-state index contributed by atoms with van der Waals surface area (Å²) in [5.41, 5.74) is 0.480. The van der Waals surface area contributed by atoms with Gasteiger partial charge in [0, 0.05) is 3.57 Å². The Morgan fingerprint density at radius 2 is 1.48 bits per heavy atom. The molecular formula is C17H9I3O3. The summed E-state index contributed by atoms with van der Waals surface area (Å²) in [6.45, 7) is 0. The Hall–Kier alpha value is -0.620. The third kappa shape index (κ3) is 3.90. The second-order valence-electron chi connectivity index (χ2n) is 4.83. The molecular weight excluding hydrogens is 633 g/mol. The fourth-order valence-electron chi connectivity index (χ4n) is 2.14. The van der Waals surface area contributed by atoms with Gasteiger partial charge in [-0.3, -0.25) is 0 Å². The standard InChI is InChI=1S/C17H9I3O3/c18-12-7-14(19)16(15(20)8-12)23-17(22)11-2-1-10-6-13(21)4-3-9(10)5-11/h1-8,21H. The van der Waals surface area contributed by atoms with Crippen LogP contribution in [0.1, 0.15) is 10.4 Å². The second-order valence-corrected chi connectivity index (χ2v) is 8.40. The molecule has 0 atom stereocenters. The van der Waals surface area contributed by atoms with Crippen LogP contribution in [0.3, 0.4) is 0 Å². The normalized spacial score (nSPS) is 10.7. The van der Waals surface area contributed by atoms with Crippen LogP contribution in [-0.4, -0.2) is 11.1 Å². The summed E-state index contributed by atoms with van der Waals surface area (Å²) < 4.78 is 8.48. The molecule has 6 heteroatoms. The SMILES string of the molecule is O=C(Oc1c(I)cc(I)cc1I)c1ccc2cc(O)ccc2c1. The molecule has 3 aromatic carbocycles. The molecule has 0 aliphatic rings. The number of halogens is 3. The lowest BCUT2D eigenvalue weighted by atomic mass is 10.1. The van der Waals surface area contributed by atoms with Crippen LogP contribution in [0.4, 0.5) is 0 Å². The van der Waals surface area contributed by atoms with Crippen LogP contribution in [0.5, 0.6) is 11.5 Å². The van der Waals surface area contributed by atoms with Gasteiger partial charge in [-0.2, -0.15) is 0 Å². The van der Waals surface area contributed by atoms with Crippen LogP contribution < -0.4 is 4.74 Å². The van der Waals surface area contributed by atoms with E-state index in [-0.39, 0.29) is 5.75 Å². The van der Waals surface area contributed by atoms with Crippen molar-refractivity contribution in [3.05, 3.63) is 64.8 Å². The van der Waals surface area contributed by atoms with E-state index in [1.54, 1.807) is 36.4 Å². The Bertz CT molecular complexity index is 899. The first kappa shape index (κ1) is 17.2. The number of phenols is 1. The number of aromatic hydroxyl groups is 1. The van der Waals surface area contributed by atoms with E-state index >= 15 is 0 Å². The van der Waals surface area contributed by atoms with E-state index in [0.717, 1.165) is 21.5 Å². The van der Waals surface area contributed by atoms with Gasteiger partial charge in [-0.25, -0.2) is 4.79 Å². The maximum Gasteiger partial charge on any atom is 0.343 e. The average Bonchev–Trinajstić information content (AvgIpc) is 2.50. The largest absolute Gasteiger partial charge is 0.508 e. The first-order valence-electron chi connectivity index (χ1n) is 6.53. The van der Waals surface area contributed by atoms with Gasteiger partial charge < -0.3 is 9.84 Å². The van der Waals surface area contributed by atoms with Gasteiger partial charge in [0.2, 0.25) is 0 Å². The lowest BCUT2D eigenvalue weighted by molar-refractivity contribution is 0.0732. The van der Waals surface area contributed by atoms with E-state index in [4.69, 9.17) is 4.74 Å². The van der Waals surface area contributed by atoms with Crippen LogP contribution in [0.15, 0.2) is 48.5 Å². The number of hydrogen-bond acceptors (Lipinski definition) is 3. The van der Waals surface area contributed by atoms with E-state index in [1.807, 2.05) is 12.1 Å². The molecule has 0 aliphatic heterocycles. The Balaban J connectivity index is 1.93. The Morgan fingerprint density at radius 1 is 0.870 bits per heavy atom. The van der Waals surface area contributed by atoms with E-state index in [2.05, 4.69) is 67.8 Å². The highest BCUT2D eigenvalue weighted by molar-refractivity contribution is 14.1. The van der Waals surface area contributed by atoms with Crippen molar-refractivity contribution < 1.29 is 14.6 Å². The third-order valence-electron chi connectivity index (χ3n) is 3.22. The molecule has 1 N–H and O–H groups in total. The lowest BCUT2D eigenvalue weighted by Gasteiger charge is -2.10. The minimum absolute atomic E-state index is 0.204. The molecule has 0 heterocycles. The number of hydrogen-bond donors (Lipinski definition) is 1. The summed E-state index contributed by atoms with van der Waals surface area (Å²) in [7, 11) is 0. The molecule has 0 unspecified atom stereocenters. The summed E-state index contributed by atoms with van der Waals surface area (Å²) in [4.78, 5) is 12.4. The zero-order valence-corrected chi connectivity index (χ0v) is 18.0. The molecule has 0 spiro atoms. The first-order valence-corrected chi connectivity index (χ1v) is 9.77. The maximum atomic E-state index is 12.4. The molecule has 0 fully saturated rings. The summed E-state index contributed by atoms with van der Waals surface area (Å²) in [5, 5.41) is 11.2. The minimum Gasteiger partial charge on any atom is -0.508 e. The van der Waals surface area contributed by atoms with Crippen molar-refractivity contribution in [3.63, 3.8) is 0 Å². The molecule has 0 saturated heterocycles. The highest BCUT2D eigenvalue weighted by Gasteiger charge is 2.15. The van der Waals surface area contributed by atoms with Gasteiger partial charge in [0.15, 0.2) is 5.75 Å². The van der Waals surface area contributed by atoms with E-state index < -0.39 is 5.97 Å². The minimum atomic E-state index is -0.392. The van der Waals surface area contributed by atoms with Crippen molar-refractivity contribution in [2.45, 2.75) is 0 Å². The van der Waals surface area contributed by atoms with Crippen molar-refractivity contribution in [1.82, 2.24) is 0 Å². The molecule has 0 bridgehead atoms. The summed E-state index contributed by atoms with van der Waals surface area (Å²) >= 11 is 6.57. The van der Waals surface area contributed by atoms with Gasteiger partial charge in [0.25, 0.3) is 0 Å². The number of phenolic OH excluding ortho intramolecular Hbond substituents is 1. The number of fused-ring (bicyclic) bond motifs is 1. The fraction of sp³-hybridized carbons (Fsp3) is 0. The lowest BCUT2D eigenvalue weighted by Crippen LogP contribution is -2.10. The average molecular weight is 642 g/mol. The number of rotatable bonds is 2. The van der Waals surface area contributed by atoms with Crippen molar-refractivity contribution in [2.75, 3.05) is 0 Å². The molecule has 0 amide bonds. The van der Waals surface area contributed by atoms with Gasteiger partial charge in [0.1, 0.15) is 5.75 Å². The van der Waals surface area contributed by atoms with Gasteiger partial charge in [-0.1, -0.05) is 12.1 Å². The monoisotopic (exact) mass is 642 g/mol. The quantitative estimate of drug-likeness (QED) is 0.226. The predicted molar refractivity (Wildman–Crippen MR) is 115 cm³/mol.